The Morgan fingerprint density at radius 1 is 1.38 bits per heavy atom. The fourth-order valence-electron chi connectivity index (χ4n) is 1.68. The van der Waals surface area contributed by atoms with Gasteiger partial charge in [0.15, 0.2) is 0 Å². The van der Waals surface area contributed by atoms with Crippen LogP contribution in [0.5, 0.6) is 0 Å². The summed E-state index contributed by atoms with van der Waals surface area (Å²) in [4.78, 5) is 2.32. The molecule has 0 unspecified atom stereocenters. The van der Waals surface area contributed by atoms with Crippen LogP contribution in [0, 0.1) is 0 Å². The fraction of sp³-hybridized carbons (Fsp3) is 0.692. The molecule has 92 valence electrons. The van der Waals surface area contributed by atoms with Crippen molar-refractivity contribution < 1.29 is 4.42 Å². The molecule has 0 atom stereocenters. The van der Waals surface area contributed by atoms with Crippen molar-refractivity contribution in [2.75, 3.05) is 20.1 Å². The topological polar surface area (TPSA) is 28.4 Å². The zero-order valence-corrected chi connectivity index (χ0v) is 10.8. The summed E-state index contributed by atoms with van der Waals surface area (Å²) in [5.74, 6) is 1.10. The molecule has 0 amide bonds. The monoisotopic (exact) mass is 224 g/mol. The predicted octanol–water partition coefficient (Wildman–Crippen LogP) is 2.62. The van der Waals surface area contributed by atoms with E-state index in [4.69, 9.17) is 4.42 Å². The van der Waals surface area contributed by atoms with E-state index < -0.39 is 0 Å². The summed E-state index contributed by atoms with van der Waals surface area (Å²) in [5, 5.41) is 3.33. The molecule has 1 aromatic heterocycles. The minimum atomic E-state index is 0.907. The molecule has 1 rings (SSSR count). The van der Waals surface area contributed by atoms with E-state index in [1.807, 2.05) is 0 Å². The van der Waals surface area contributed by atoms with E-state index in [1.54, 1.807) is 6.26 Å². The number of furan rings is 1. The van der Waals surface area contributed by atoms with Crippen LogP contribution in [-0.4, -0.2) is 25.0 Å². The quantitative estimate of drug-likeness (QED) is 0.736. The summed E-state index contributed by atoms with van der Waals surface area (Å²) in [5.41, 5.74) is 1.28. The maximum Gasteiger partial charge on any atom is 0.122 e. The number of unbranched alkanes of at least 4 members (excludes halogenated alkanes) is 1. The molecule has 0 aliphatic rings. The Hall–Kier alpha value is -0.800. The van der Waals surface area contributed by atoms with Crippen LogP contribution in [0.25, 0.3) is 0 Å². The van der Waals surface area contributed by atoms with E-state index in [9.17, 15) is 0 Å². The minimum Gasteiger partial charge on any atom is -0.468 e. The van der Waals surface area contributed by atoms with Crippen molar-refractivity contribution in [2.24, 2.45) is 0 Å². The van der Waals surface area contributed by atoms with Crippen molar-refractivity contribution in [2.45, 2.75) is 39.8 Å². The molecular formula is C13H24N2O. The van der Waals surface area contributed by atoms with Gasteiger partial charge in [-0.15, -0.1) is 0 Å². The van der Waals surface area contributed by atoms with Gasteiger partial charge in [0.2, 0.25) is 0 Å². The Balaban J connectivity index is 2.42. The van der Waals surface area contributed by atoms with Gasteiger partial charge < -0.3 is 9.73 Å². The maximum atomic E-state index is 5.53. The Morgan fingerprint density at radius 2 is 2.19 bits per heavy atom. The Bertz CT molecular complexity index is 283. The highest BCUT2D eigenvalue weighted by atomic mass is 16.3. The third-order valence-corrected chi connectivity index (χ3v) is 2.71. The Labute approximate surface area is 98.8 Å². The summed E-state index contributed by atoms with van der Waals surface area (Å²) in [6.07, 6.45) is 4.28. The number of nitrogens with one attached hydrogen (secondary N) is 1. The number of hydrogen-bond donors (Lipinski definition) is 1. The van der Waals surface area contributed by atoms with Gasteiger partial charge in [0, 0.05) is 12.1 Å². The molecule has 0 radical (unpaired) electrons. The molecule has 16 heavy (non-hydrogen) atoms. The lowest BCUT2D eigenvalue weighted by molar-refractivity contribution is 0.288. The molecule has 3 nitrogen and oxygen atoms in total. The predicted molar refractivity (Wildman–Crippen MR) is 67.3 cm³/mol. The van der Waals surface area contributed by atoms with Gasteiger partial charge in [-0.25, -0.2) is 0 Å². The maximum absolute atomic E-state index is 5.53. The van der Waals surface area contributed by atoms with Crippen molar-refractivity contribution in [3.8, 4) is 0 Å². The first-order chi connectivity index (χ1) is 7.77. The second-order valence-electron chi connectivity index (χ2n) is 4.24. The molecule has 0 saturated carbocycles. The van der Waals surface area contributed by atoms with E-state index in [2.05, 4.69) is 37.2 Å². The zero-order chi connectivity index (χ0) is 11.8. The van der Waals surface area contributed by atoms with Crippen LogP contribution >= 0.6 is 0 Å². The van der Waals surface area contributed by atoms with Gasteiger partial charge in [-0.3, -0.25) is 4.90 Å². The lowest BCUT2D eigenvalue weighted by Gasteiger charge is -2.15. The second-order valence-corrected chi connectivity index (χ2v) is 4.24. The first-order valence-corrected chi connectivity index (χ1v) is 6.22. The van der Waals surface area contributed by atoms with Crippen molar-refractivity contribution in [1.82, 2.24) is 10.2 Å². The lowest BCUT2D eigenvalue weighted by Crippen LogP contribution is -2.20. The Kier molecular flexibility index (Phi) is 6.19. The van der Waals surface area contributed by atoms with Crippen LogP contribution in [0.4, 0.5) is 0 Å². The summed E-state index contributed by atoms with van der Waals surface area (Å²) < 4.78 is 5.53. The van der Waals surface area contributed by atoms with Gasteiger partial charge in [-0.05, 0) is 32.6 Å². The van der Waals surface area contributed by atoms with Crippen molar-refractivity contribution >= 4 is 0 Å². The highest BCUT2D eigenvalue weighted by Gasteiger charge is 2.08. The van der Waals surface area contributed by atoms with Crippen LogP contribution in [0.1, 0.15) is 38.0 Å². The van der Waals surface area contributed by atoms with Crippen molar-refractivity contribution in [3.05, 3.63) is 23.7 Å². The van der Waals surface area contributed by atoms with E-state index in [1.165, 1.54) is 18.4 Å². The van der Waals surface area contributed by atoms with Gasteiger partial charge in [-0.2, -0.15) is 0 Å². The molecule has 0 spiro atoms. The zero-order valence-electron chi connectivity index (χ0n) is 10.8. The number of nitrogens with zero attached hydrogens (tertiary/aromatic N) is 1. The summed E-state index contributed by atoms with van der Waals surface area (Å²) >= 11 is 0. The van der Waals surface area contributed by atoms with Gasteiger partial charge >= 0.3 is 0 Å². The van der Waals surface area contributed by atoms with E-state index in [-0.39, 0.29) is 0 Å². The molecule has 1 aromatic rings. The molecule has 0 fully saturated rings. The normalized spacial score (nSPS) is 11.2. The van der Waals surface area contributed by atoms with Gasteiger partial charge in [-0.1, -0.05) is 20.3 Å². The smallest absolute Gasteiger partial charge is 0.122 e. The molecule has 0 aliphatic heterocycles. The summed E-state index contributed by atoms with van der Waals surface area (Å²) in [7, 11) is 2.15. The van der Waals surface area contributed by atoms with Crippen LogP contribution in [0.15, 0.2) is 16.7 Å². The largest absolute Gasteiger partial charge is 0.468 e. The van der Waals surface area contributed by atoms with E-state index in [0.29, 0.717) is 0 Å². The average molecular weight is 224 g/mol. The van der Waals surface area contributed by atoms with Crippen molar-refractivity contribution in [1.29, 1.82) is 0 Å². The molecule has 0 bridgehead atoms. The molecule has 0 aliphatic carbocycles. The fourth-order valence-corrected chi connectivity index (χ4v) is 1.68. The SMILES string of the molecule is CCCCN(C)Cc1occc1CNCC. The molecule has 3 heteroatoms. The third-order valence-electron chi connectivity index (χ3n) is 2.71. The average Bonchev–Trinajstić information content (AvgIpc) is 2.71. The summed E-state index contributed by atoms with van der Waals surface area (Å²) in [6.45, 7) is 8.29. The van der Waals surface area contributed by atoms with E-state index in [0.717, 1.165) is 31.9 Å². The summed E-state index contributed by atoms with van der Waals surface area (Å²) in [6, 6.07) is 2.06. The van der Waals surface area contributed by atoms with Gasteiger partial charge in [0.1, 0.15) is 5.76 Å². The minimum absolute atomic E-state index is 0.907. The highest BCUT2D eigenvalue weighted by molar-refractivity contribution is 5.16. The second kappa shape index (κ2) is 7.47. The highest BCUT2D eigenvalue weighted by Crippen LogP contribution is 2.12. The molecular weight excluding hydrogens is 200 g/mol. The van der Waals surface area contributed by atoms with E-state index >= 15 is 0 Å². The standard InChI is InChI=1S/C13H24N2O/c1-4-6-8-15(3)11-13-12(7-9-16-13)10-14-5-2/h7,9,14H,4-6,8,10-11H2,1-3H3. The molecule has 1 heterocycles. The molecule has 0 aromatic carbocycles. The molecule has 1 N–H and O–H groups in total. The van der Waals surface area contributed by atoms with Crippen LogP contribution < -0.4 is 5.32 Å². The number of rotatable bonds is 8. The van der Waals surface area contributed by atoms with Gasteiger partial charge in [0.05, 0.1) is 12.8 Å². The van der Waals surface area contributed by atoms with Crippen LogP contribution in [0.2, 0.25) is 0 Å². The third kappa shape index (κ3) is 4.37. The number of hydrogen-bond acceptors (Lipinski definition) is 3. The Morgan fingerprint density at radius 3 is 2.88 bits per heavy atom. The van der Waals surface area contributed by atoms with Gasteiger partial charge in [0.25, 0.3) is 0 Å². The van der Waals surface area contributed by atoms with Crippen molar-refractivity contribution in [3.63, 3.8) is 0 Å². The lowest BCUT2D eigenvalue weighted by atomic mass is 10.2. The van der Waals surface area contributed by atoms with Crippen LogP contribution in [-0.2, 0) is 13.1 Å². The first-order valence-electron chi connectivity index (χ1n) is 6.22. The molecule has 0 saturated heterocycles. The first kappa shape index (κ1) is 13.3. The van der Waals surface area contributed by atoms with Crippen LogP contribution in [0.3, 0.4) is 0 Å².